The molecule has 0 bridgehead atoms. The van der Waals surface area contributed by atoms with Gasteiger partial charge in [-0.2, -0.15) is 0 Å². The summed E-state index contributed by atoms with van der Waals surface area (Å²) in [4.78, 5) is 20.6. The van der Waals surface area contributed by atoms with E-state index in [-0.39, 0.29) is 12.3 Å². The predicted octanol–water partition coefficient (Wildman–Crippen LogP) is 3.50. The number of imidazole rings is 1. The fraction of sp³-hybridized carbons (Fsp3) is 0.423. The molecule has 2 aromatic heterocycles. The van der Waals surface area contributed by atoms with Gasteiger partial charge in [-0.15, -0.1) is 0 Å². The summed E-state index contributed by atoms with van der Waals surface area (Å²) in [5.74, 6) is 0.724. The zero-order chi connectivity index (χ0) is 23.5. The first-order valence-corrected chi connectivity index (χ1v) is 11.9. The molecule has 2 aliphatic rings. The van der Waals surface area contributed by atoms with Crippen molar-refractivity contribution in [1.82, 2.24) is 14.5 Å². The van der Waals surface area contributed by atoms with Gasteiger partial charge in [0.05, 0.1) is 36.8 Å². The molecular weight excluding hydrogens is 432 g/mol. The van der Waals surface area contributed by atoms with Gasteiger partial charge in [0, 0.05) is 31.6 Å². The summed E-state index contributed by atoms with van der Waals surface area (Å²) < 4.78 is 7.61. The quantitative estimate of drug-likeness (QED) is 0.446. The van der Waals surface area contributed by atoms with Crippen LogP contribution < -0.4 is 10.1 Å². The van der Waals surface area contributed by atoms with Crippen molar-refractivity contribution in [2.24, 2.45) is 0 Å². The molecule has 8 nitrogen and oxygen atoms in total. The number of pyridine rings is 1. The number of carboxylic acid groups (broad SMARTS) is 1. The Morgan fingerprint density at radius 1 is 1.21 bits per heavy atom. The summed E-state index contributed by atoms with van der Waals surface area (Å²) in [5.41, 5.74) is 4.87. The minimum Gasteiger partial charge on any atom is -0.493 e. The van der Waals surface area contributed by atoms with Gasteiger partial charge in [0.2, 0.25) is 0 Å². The molecule has 0 spiro atoms. The number of anilines is 1. The highest BCUT2D eigenvalue weighted by Crippen LogP contribution is 2.31. The second-order valence-electron chi connectivity index (χ2n) is 9.15. The molecule has 0 fully saturated rings. The minimum atomic E-state index is -0.832. The number of hydrogen-bond acceptors (Lipinski definition) is 6. The molecule has 2 aliphatic heterocycles. The average Bonchev–Trinajstić information content (AvgIpc) is 3.50. The number of aryl methyl sites for hydroxylation is 2. The summed E-state index contributed by atoms with van der Waals surface area (Å²) >= 11 is 0. The number of aliphatic hydroxyl groups is 1. The van der Waals surface area contributed by atoms with Crippen LogP contribution in [0.25, 0.3) is 0 Å². The first kappa shape index (κ1) is 22.4. The number of aromatic nitrogens is 3. The van der Waals surface area contributed by atoms with Crippen LogP contribution in [0.1, 0.15) is 59.4 Å². The molecule has 0 aliphatic carbocycles. The summed E-state index contributed by atoms with van der Waals surface area (Å²) in [6, 6.07) is 9.98. The third kappa shape index (κ3) is 5.07. The average molecular weight is 463 g/mol. The molecule has 3 aromatic rings. The molecule has 3 N–H and O–H groups in total. The molecule has 1 aromatic carbocycles. The predicted molar refractivity (Wildman–Crippen MR) is 127 cm³/mol. The Morgan fingerprint density at radius 2 is 2.09 bits per heavy atom. The van der Waals surface area contributed by atoms with Crippen molar-refractivity contribution in [3.05, 3.63) is 70.9 Å². The number of rotatable bonds is 9. The third-order valence-electron chi connectivity index (χ3n) is 6.66. The van der Waals surface area contributed by atoms with Crippen molar-refractivity contribution in [1.29, 1.82) is 0 Å². The number of nitrogens with one attached hydrogen (secondary N) is 1. The van der Waals surface area contributed by atoms with E-state index < -0.39 is 12.1 Å². The van der Waals surface area contributed by atoms with Crippen molar-refractivity contribution in [3.8, 4) is 5.75 Å². The van der Waals surface area contributed by atoms with E-state index in [1.807, 2.05) is 41.1 Å². The molecule has 0 amide bonds. The molecule has 5 rings (SSSR count). The topological polar surface area (TPSA) is 110 Å². The zero-order valence-corrected chi connectivity index (χ0v) is 19.1. The van der Waals surface area contributed by atoms with Gasteiger partial charge < -0.3 is 24.8 Å². The van der Waals surface area contributed by atoms with Crippen LogP contribution in [-0.4, -0.2) is 43.9 Å². The number of aliphatic hydroxyl groups excluding tert-OH is 1. The number of carboxylic acids is 1. The first-order chi connectivity index (χ1) is 16.5. The number of benzene rings is 1. The maximum atomic E-state index is 11.5. The molecule has 4 heterocycles. The molecule has 2 unspecified atom stereocenters. The van der Waals surface area contributed by atoms with Crippen molar-refractivity contribution in [3.63, 3.8) is 0 Å². The number of ether oxygens (including phenoxy) is 1. The van der Waals surface area contributed by atoms with Gasteiger partial charge in [-0.05, 0) is 54.5 Å². The largest absolute Gasteiger partial charge is 0.493 e. The summed E-state index contributed by atoms with van der Waals surface area (Å²) in [7, 11) is 0. The maximum absolute atomic E-state index is 11.5. The van der Waals surface area contributed by atoms with Gasteiger partial charge in [-0.25, -0.2) is 9.97 Å². The molecule has 0 saturated carbocycles. The lowest BCUT2D eigenvalue weighted by Gasteiger charge is -2.19. The Kier molecular flexibility index (Phi) is 6.49. The normalized spacial score (nSPS) is 16.1. The van der Waals surface area contributed by atoms with E-state index in [2.05, 4.69) is 15.3 Å². The minimum absolute atomic E-state index is 0.0308. The monoisotopic (exact) mass is 462 g/mol. The fourth-order valence-electron chi connectivity index (χ4n) is 4.79. The number of nitrogens with zero attached hydrogens (tertiary/aromatic N) is 3. The zero-order valence-electron chi connectivity index (χ0n) is 19.1. The molecular formula is C26H30N4O4. The molecule has 2 atom stereocenters. The van der Waals surface area contributed by atoms with E-state index in [9.17, 15) is 15.0 Å². The van der Waals surface area contributed by atoms with Crippen molar-refractivity contribution in [2.45, 2.75) is 57.1 Å². The second-order valence-corrected chi connectivity index (χ2v) is 9.15. The second kappa shape index (κ2) is 9.85. The van der Waals surface area contributed by atoms with E-state index >= 15 is 0 Å². The van der Waals surface area contributed by atoms with Gasteiger partial charge >= 0.3 is 5.97 Å². The Labute approximate surface area is 198 Å². The standard InChI is InChI=1S/C26H30N4O4/c31-23(22-7-5-18-2-1-10-27-26(18)29-22)8-6-21-15-30(16-28-21)14-20(13-25(32)33)19-4-3-17-9-11-34-24(17)12-19/h3-5,7,12,15-16,20,23,31H,1-2,6,8-11,13-14H2,(H,27,29)(H,32,33). The number of aliphatic carboxylic acids is 1. The van der Waals surface area contributed by atoms with Crippen LogP contribution in [-0.2, 0) is 30.6 Å². The Hall–Kier alpha value is -3.39. The van der Waals surface area contributed by atoms with E-state index in [0.29, 0.717) is 31.7 Å². The number of hydrogen-bond donors (Lipinski definition) is 3. The Bertz CT molecular complexity index is 1180. The van der Waals surface area contributed by atoms with Crippen molar-refractivity contribution >= 4 is 11.8 Å². The van der Waals surface area contributed by atoms with Gasteiger partial charge in [-0.3, -0.25) is 4.79 Å². The van der Waals surface area contributed by atoms with Gasteiger partial charge in [0.1, 0.15) is 11.6 Å². The summed E-state index contributed by atoms with van der Waals surface area (Å²) in [6.07, 6.45) is 7.19. The Balaban J connectivity index is 1.22. The molecule has 0 radical (unpaired) electrons. The van der Waals surface area contributed by atoms with E-state index in [1.165, 1.54) is 11.1 Å². The maximum Gasteiger partial charge on any atom is 0.304 e. The van der Waals surface area contributed by atoms with E-state index in [0.717, 1.165) is 48.6 Å². The highest BCUT2D eigenvalue weighted by molar-refractivity contribution is 5.68. The lowest BCUT2D eigenvalue weighted by atomic mass is 9.94. The summed E-state index contributed by atoms with van der Waals surface area (Å²) in [6.45, 7) is 2.10. The van der Waals surface area contributed by atoms with Crippen molar-refractivity contribution in [2.75, 3.05) is 18.5 Å². The van der Waals surface area contributed by atoms with Gasteiger partial charge in [0.25, 0.3) is 0 Å². The lowest BCUT2D eigenvalue weighted by Crippen LogP contribution is -2.15. The first-order valence-electron chi connectivity index (χ1n) is 11.9. The number of carbonyl (C=O) groups is 1. The summed E-state index contributed by atoms with van der Waals surface area (Å²) in [5, 5.41) is 23.4. The van der Waals surface area contributed by atoms with Crippen LogP contribution in [0.5, 0.6) is 5.75 Å². The molecule has 34 heavy (non-hydrogen) atoms. The highest BCUT2D eigenvalue weighted by atomic mass is 16.5. The van der Waals surface area contributed by atoms with Crippen LogP contribution >= 0.6 is 0 Å². The smallest absolute Gasteiger partial charge is 0.304 e. The third-order valence-corrected chi connectivity index (χ3v) is 6.66. The lowest BCUT2D eigenvalue weighted by molar-refractivity contribution is -0.137. The molecule has 0 saturated heterocycles. The van der Waals surface area contributed by atoms with E-state index in [1.54, 1.807) is 6.33 Å². The number of fused-ring (bicyclic) bond motifs is 2. The van der Waals surface area contributed by atoms with E-state index in [4.69, 9.17) is 4.74 Å². The van der Waals surface area contributed by atoms with Crippen LogP contribution in [0.4, 0.5) is 5.82 Å². The Morgan fingerprint density at radius 3 is 2.97 bits per heavy atom. The van der Waals surface area contributed by atoms with Gasteiger partial charge in [0.15, 0.2) is 0 Å². The molecule has 178 valence electrons. The fourth-order valence-corrected chi connectivity index (χ4v) is 4.79. The van der Waals surface area contributed by atoms with Crippen LogP contribution in [0.2, 0.25) is 0 Å². The van der Waals surface area contributed by atoms with Crippen molar-refractivity contribution < 1.29 is 19.7 Å². The van der Waals surface area contributed by atoms with Crippen LogP contribution in [0, 0.1) is 0 Å². The molecule has 8 heteroatoms. The van der Waals surface area contributed by atoms with Crippen LogP contribution in [0.3, 0.4) is 0 Å². The SMILES string of the molecule is O=C(O)CC(Cn1cnc(CCC(O)c2ccc3c(n2)NCCC3)c1)c1ccc2c(c1)OCC2. The van der Waals surface area contributed by atoms with Gasteiger partial charge in [-0.1, -0.05) is 18.2 Å². The van der Waals surface area contributed by atoms with Crippen LogP contribution in [0.15, 0.2) is 42.9 Å². The highest BCUT2D eigenvalue weighted by Gasteiger charge is 2.21.